The Morgan fingerprint density at radius 2 is 2.19 bits per heavy atom. The molecule has 5 heteroatoms. The Hall–Kier alpha value is -1.65. The van der Waals surface area contributed by atoms with Crippen LogP contribution in [-0.2, 0) is 0 Å². The van der Waals surface area contributed by atoms with Gasteiger partial charge in [-0.05, 0) is 25.8 Å². The fourth-order valence-corrected chi connectivity index (χ4v) is 2.16. The highest BCUT2D eigenvalue weighted by atomic mass is 16.4. The molecule has 2 rings (SSSR count). The van der Waals surface area contributed by atoms with E-state index in [-0.39, 0.29) is 11.1 Å². The highest BCUT2D eigenvalue weighted by Crippen LogP contribution is 2.32. The van der Waals surface area contributed by atoms with E-state index in [2.05, 4.69) is 22.4 Å². The first-order valence-corrected chi connectivity index (χ1v) is 5.44. The molecule has 0 unspecified atom stereocenters. The van der Waals surface area contributed by atoms with Crippen LogP contribution in [0.4, 0.5) is 5.82 Å². The molecular weight excluding hydrogens is 206 g/mol. The average Bonchev–Trinajstić information content (AvgIpc) is 2.65. The van der Waals surface area contributed by atoms with E-state index in [1.165, 1.54) is 25.1 Å². The van der Waals surface area contributed by atoms with Crippen molar-refractivity contribution in [1.82, 2.24) is 10.2 Å². The highest BCUT2D eigenvalue weighted by molar-refractivity contribution is 5.92. The van der Waals surface area contributed by atoms with Crippen LogP contribution in [0.25, 0.3) is 0 Å². The van der Waals surface area contributed by atoms with Gasteiger partial charge in [-0.25, -0.2) is 4.79 Å². The Balaban J connectivity index is 2.23. The minimum absolute atomic E-state index is 0.0414. The number of carboxylic acids is 1. The minimum Gasteiger partial charge on any atom is -0.478 e. The van der Waals surface area contributed by atoms with Crippen molar-refractivity contribution in [1.29, 1.82) is 0 Å². The monoisotopic (exact) mass is 221 g/mol. The zero-order valence-corrected chi connectivity index (χ0v) is 9.23. The van der Waals surface area contributed by atoms with Crippen LogP contribution < -0.4 is 5.32 Å². The Kier molecular flexibility index (Phi) is 2.77. The Labute approximate surface area is 93.9 Å². The Morgan fingerprint density at radius 3 is 2.81 bits per heavy atom. The van der Waals surface area contributed by atoms with E-state index in [9.17, 15) is 4.79 Å². The van der Waals surface area contributed by atoms with Gasteiger partial charge in [0.1, 0.15) is 5.56 Å². The topological polar surface area (TPSA) is 75.1 Å². The lowest BCUT2D eigenvalue weighted by Crippen LogP contribution is -2.32. The number of carboxylic acid groups (broad SMARTS) is 1. The Morgan fingerprint density at radius 1 is 1.50 bits per heavy atom. The van der Waals surface area contributed by atoms with Crippen molar-refractivity contribution < 1.29 is 9.90 Å². The molecule has 1 aliphatic carbocycles. The van der Waals surface area contributed by atoms with Crippen LogP contribution in [0.5, 0.6) is 0 Å². The first-order valence-electron chi connectivity index (χ1n) is 5.44. The van der Waals surface area contributed by atoms with Crippen LogP contribution in [0.1, 0.15) is 43.0 Å². The first kappa shape index (κ1) is 10.9. The van der Waals surface area contributed by atoms with E-state index >= 15 is 0 Å². The van der Waals surface area contributed by atoms with Gasteiger partial charge < -0.3 is 10.4 Å². The molecule has 0 radical (unpaired) electrons. The van der Waals surface area contributed by atoms with Crippen LogP contribution in [-0.4, -0.2) is 26.8 Å². The molecular formula is C11H15N3O2. The quantitative estimate of drug-likeness (QED) is 0.815. The first-order chi connectivity index (χ1) is 7.61. The molecule has 0 aliphatic heterocycles. The SMILES string of the molecule is CC1(Nc2nnccc2C(=O)O)CCCC1. The van der Waals surface area contributed by atoms with Crippen molar-refractivity contribution in [3.63, 3.8) is 0 Å². The van der Waals surface area contributed by atoms with Gasteiger partial charge in [-0.2, -0.15) is 5.10 Å². The smallest absolute Gasteiger partial charge is 0.339 e. The second-order valence-electron chi connectivity index (χ2n) is 4.49. The number of rotatable bonds is 3. The van der Waals surface area contributed by atoms with Gasteiger partial charge in [0.05, 0.1) is 6.20 Å². The van der Waals surface area contributed by atoms with Gasteiger partial charge in [0.15, 0.2) is 5.82 Å². The van der Waals surface area contributed by atoms with Crippen LogP contribution in [0, 0.1) is 0 Å². The van der Waals surface area contributed by atoms with E-state index in [1.807, 2.05) is 0 Å². The van der Waals surface area contributed by atoms with Gasteiger partial charge in [0.25, 0.3) is 0 Å². The lowest BCUT2D eigenvalue weighted by Gasteiger charge is -2.26. The van der Waals surface area contributed by atoms with E-state index in [4.69, 9.17) is 5.11 Å². The fraction of sp³-hybridized carbons (Fsp3) is 0.545. The number of aromatic nitrogens is 2. The summed E-state index contributed by atoms with van der Waals surface area (Å²) in [6.45, 7) is 2.10. The van der Waals surface area contributed by atoms with Crippen molar-refractivity contribution >= 4 is 11.8 Å². The van der Waals surface area contributed by atoms with Crippen LogP contribution in [0.3, 0.4) is 0 Å². The zero-order chi connectivity index (χ0) is 11.6. The number of nitrogens with zero attached hydrogens (tertiary/aromatic N) is 2. The highest BCUT2D eigenvalue weighted by Gasteiger charge is 2.30. The molecule has 1 heterocycles. The third kappa shape index (κ3) is 2.13. The van der Waals surface area contributed by atoms with Gasteiger partial charge in [-0.1, -0.05) is 12.8 Å². The predicted molar refractivity (Wildman–Crippen MR) is 59.5 cm³/mol. The molecule has 1 aromatic heterocycles. The average molecular weight is 221 g/mol. The van der Waals surface area contributed by atoms with Gasteiger partial charge >= 0.3 is 5.97 Å². The van der Waals surface area contributed by atoms with E-state index < -0.39 is 5.97 Å². The molecule has 5 nitrogen and oxygen atoms in total. The molecule has 0 amide bonds. The van der Waals surface area contributed by atoms with Crippen molar-refractivity contribution in [3.05, 3.63) is 17.8 Å². The molecule has 1 aliphatic rings. The van der Waals surface area contributed by atoms with Crippen molar-refractivity contribution in [2.75, 3.05) is 5.32 Å². The summed E-state index contributed by atoms with van der Waals surface area (Å²) in [5, 5.41) is 19.8. The van der Waals surface area contributed by atoms with Crippen LogP contribution >= 0.6 is 0 Å². The molecule has 0 atom stereocenters. The molecule has 0 bridgehead atoms. The standard InChI is InChI=1S/C11H15N3O2/c1-11(5-2-3-6-11)13-9-8(10(15)16)4-7-12-14-9/h4,7H,2-3,5-6H2,1H3,(H,13,14)(H,15,16). The third-order valence-electron chi connectivity index (χ3n) is 3.08. The number of nitrogens with one attached hydrogen (secondary N) is 1. The lowest BCUT2D eigenvalue weighted by molar-refractivity contribution is 0.0697. The molecule has 16 heavy (non-hydrogen) atoms. The molecule has 86 valence electrons. The van der Waals surface area contributed by atoms with Gasteiger partial charge in [0, 0.05) is 5.54 Å². The van der Waals surface area contributed by atoms with Crippen molar-refractivity contribution in [2.45, 2.75) is 38.1 Å². The summed E-state index contributed by atoms with van der Waals surface area (Å²) in [4.78, 5) is 11.0. The molecule has 0 saturated heterocycles. The number of carbonyl (C=O) groups is 1. The summed E-state index contributed by atoms with van der Waals surface area (Å²) in [5.41, 5.74) is 0.142. The maximum Gasteiger partial charge on any atom is 0.339 e. The molecule has 1 saturated carbocycles. The molecule has 0 aromatic carbocycles. The van der Waals surface area contributed by atoms with Crippen LogP contribution in [0.2, 0.25) is 0 Å². The lowest BCUT2D eigenvalue weighted by atomic mass is 10.0. The second kappa shape index (κ2) is 4.08. The normalized spacial score (nSPS) is 18.3. The largest absolute Gasteiger partial charge is 0.478 e. The summed E-state index contributed by atoms with van der Waals surface area (Å²) in [6, 6.07) is 1.47. The van der Waals surface area contributed by atoms with Gasteiger partial charge in [0.2, 0.25) is 0 Å². The Bertz CT molecular complexity index is 400. The predicted octanol–water partition coefficient (Wildman–Crippen LogP) is 1.92. The maximum absolute atomic E-state index is 11.0. The molecule has 1 fully saturated rings. The number of hydrogen-bond donors (Lipinski definition) is 2. The van der Waals surface area contributed by atoms with Crippen molar-refractivity contribution in [2.24, 2.45) is 0 Å². The van der Waals surface area contributed by atoms with E-state index in [1.54, 1.807) is 0 Å². The summed E-state index contributed by atoms with van der Waals surface area (Å²) < 4.78 is 0. The molecule has 1 aromatic rings. The van der Waals surface area contributed by atoms with Crippen molar-refractivity contribution in [3.8, 4) is 0 Å². The number of hydrogen-bond acceptors (Lipinski definition) is 4. The summed E-state index contributed by atoms with van der Waals surface area (Å²) in [5.74, 6) is -0.599. The van der Waals surface area contributed by atoms with Gasteiger partial charge in [-0.15, -0.1) is 5.10 Å². The maximum atomic E-state index is 11.0. The summed E-state index contributed by atoms with van der Waals surface area (Å²) >= 11 is 0. The number of anilines is 1. The van der Waals surface area contributed by atoms with E-state index in [0.29, 0.717) is 5.82 Å². The second-order valence-corrected chi connectivity index (χ2v) is 4.49. The fourth-order valence-electron chi connectivity index (χ4n) is 2.16. The van der Waals surface area contributed by atoms with Crippen LogP contribution in [0.15, 0.2) is 12.3 Å². The summed E-state index contributed by atoms with van der Waals surface area (Å²) in [6.07, 6.45) is 5.83. The third-order valence-corrected chi connectivity index (χ3v) is 3.08. The van der Waals surface area contributed by atoms with Gasteiger partial charge in [-0.3, -0.25) is 0 Å². The summed E-state index contributed by atoms with van der Waals surface area (Å²) in [7, 11) is 0. The minimum atomic E-state index is -0.973. The zero-order valence-electron chi connectivity index (χ0n) is 9.23. The molecule has 0 spiro atoms. The molecule has 2 N–H and O–H groups in total. The van der Waals surface area contributed by atoms with E-state index in [0.717, 1.165) is 12.8 Å². The number of aromatic carboxylic acids is 1.